The Hall–Kier alpha value is -2.58. The van der Waals surface area contributed by atoms with Crippen LogP contribution in [0, 0.1) is 13.8 Å². The molecule has 3 heterocycles. The van der Waals surface area contributed by atoms with Crippen LogP contribution in [-0.2, 0) is 29.3 Å². The smallest absolute Gasteiger partial charge is 0.246 e. The normalized spacial score (nSPS) is 14.8. The second-order valence-electron chi connectivity index (χ2n) is 7.25. The maximum atomic E-state index is 11.7. The summed E-state index contributed by atoms with van der Waals surface area (Å²) >= 11 is 0. The van der Waals surface area contributed by atoms with E-state index in [0.717, 1.165) is 47.7 Å². The lowest BCUT2D eigenvalue weighted by molar-refractivity contribution is 0.241. The van der Waals surface area contributed by atoms with Gasteiger partial charge in [0, 0.05) is 55.3 Å². The van der Waals surface area contributed by atoms with Crippen molar-refractivity contribution in [2.45, 2.75) is 38.5 Å². The summed E-state index contributed by atoms with van der Waals surface area (Å²) in [6.07, 6.45) is 3.50. The van der Waals surface area contributed by atoms with Gasteiger partial charge in [0.1, 0.15) is 0 Å². The summed E-state index contributed by atoms with van der Waals surface area (Å²) in [5.74, 6) is 0. The lowest BCUT2D eigenvalue weighted by atomic mass is 10.1. The molecule has 28 heavy (non-hydrogen) atoms. The molecule has 0 atom stereocenters. The SMILES string of the molecule is Cc1nn(-c2ccccc2)c(C)c1CN1CCc2nc(S(C)(=O)=O)ncc2C1. The quantitative estimate of drug-likeness (QED) is 0.628. The largest absolute Gasteiger partial charge is 0.294 e. The van der Waals surface area contributed by atoms with Gasteiger partial charge in [-0.25, -0.2) is 23.1 Å². The van der Waals surface area contributed by atoms with Crippen molar-refractivity contribution in [2.24, 2.45) is 0 Å². The Bertz CT molecular complexity index is 1120. The summed E-state index contributed by atoms with van der Waals surface area (Å²) in [6.45, 7) is 6.46. The van der Waals surface area contributed by atoms with Crippen LogP contribution in [0.25, 0.3) is 5.69 Å². The van der Waals surface area contributed by atoms with Gasteiger partial charge >= 0.3 is 0 Å². The minimum Gasteiger partial charge on any atom is -0.294 e. The van der Waals surface area contributed by atoms with Crippen LogP contribution in [0.4, 0.5) is 0 Å². The molecule has 3 aromatic rings. The topological polar surface area (TPSA) is 81.0 Å². The lowest BCUT2D eigenvalue weighted by Gasteiger charge is -2.28. The van der Waals surface area contributed by atoms with Gasteiger partial charge in [-0.3, -0.25) is 4.90 Å². The van der Waals surface area contributed by atoms with E-state index < -0.39 is 9.84 Å². The van der Waals surface area contributed by atoms with Gasteiger partial charge in [-0.05, 0) is 26.0 Å². The Kier molecular flexibility index (Phi) is 4.76. The molecule has 1 aliphatic heterocycles. The molecular formula is C20H23N5O2S. The number of rotatable bonds is 4. The molecule has 2 aromatic heterocycles. The van der Waals surface area contributed by atoms with Crippen molar-refractivity contribution in [3.8, 4) is 5.69 Å². The van der Waals surface area contributed by atoms with E-state index in [4.69, 9.17) is 5.10 Å². The van der Waals surface area contributed by atoms with Crippen LogP contribution in [0.5, 0.6) is 0 Å². The molecule has 1 aromatic carbocycles. The third kappa shape index (κ3) is 3.57. The second-order valence-corrected chi connectivity index (χ2v) is 9.16. The molecule has 0 saturated carbocycles. The Morgan fingerprint density at radius 3 is 2.61 bits per heavy atom. The highest BCUT2D eigenvalue weighted by Crippen LogP contribution is 2.23. The predicted octanol–water partition coefficient (Wildman–Crippen LogP) is 2.24. The zero-order chi connectivity index (χ0) is 19.9. The van der Waals surface area contributed by atoms with Crippen molar-refractivity contribution in [1.82, 2.24) is 24.6 Å². The Morgan fingerprint density at radius 2 is 1.89 bits per heavy atom. The minimum atomic E-state index is -3.38. The monoisotopic (exact) mass is 397 g/mol. The highest BCUT2D eigenvalue weighted by Gasteiger charge is 2.23. The first-order valence-corrected chi connectivity index (χ1v) is 11.1. The number of para-hydroxylation sites is 1. The van der Waals surface area contributed by atoms with Crippen LogP contribution in [0.15, 0.2) is 41.7 Å². The molecule has 0 unspecified atom stereocenters. The van der Waals surface area contributed by atoms with Crippen molar-refractivity contribution in [3.63, 3.8) is 0 Å². The number of hydrogen-bond acceptors (Lipinski definition) is 6. The first-order valence-electron chi connectivity index (χ1n) is 9.20. The zero-order valence-electron chi connectivity index (χ0n) is 16.3. The molecule has 0 aliphatic carbocycles. The van der Waals surface area contributed by atoms with Crippen LogP contribution < -0.4 is 0 Å². The van der Waals surface area contributed by atoms with Gasteiger partial charge in [-0.15, -0.1) is 0 Å². The van der Waals surface area contributed by atoms with Crippen molar-refractivity contribution < 1.29 is 8.42 Å². The Balaban J connectivity index is 1.56. The fourth-order valence-corrected chi connectivity index (χ4v) is 4.14. The van der Waals surface area contributed by atoms with Crippen LogP contribution in [0.1, 0.15) is 28.2 Å². The molecule has 1 aliphatic rings. The molecule has 0 amide bonds. The zero-order valence-corrected chi connectivity index (χ0v) is 17.1. The summed E-state index contributed by atoms with van der Waals surface area (Å²) in [6, 6.07) is 10.1. The van der Waals surface area contributed by atoms with Gasteiger partial charge in [-0.2, -0.15) is 5.10 Å². The number of aromatic nitrogens is 4. The van der Waals surface area contributed by atoms with Crippen molar-refractivity contribution in [3.05, 3.63) is 64.7 Å². The van der Waals surface area contributed by atoms with Crippen molar-refractivity contribution in [2.75, 3.05) is 12.8 Å². The first kappa shape index (κ1) is 18.8. The third-order valence-corrected chi connectivity index (χ3v) is 6.01. The van der Waals surface area contributed by atoms with E-state index in [1.54, 1.807) is 6.20 Å². The molecule has 7 nitrogen and oxygen atoms in total. The van der Waals surface area contributed by atoms with E-state index in [9.17, 15) is 8.42 Å². The van der Waals surface area contributed by atoms with E-state index in [2.05, 4.69) is 33.9 Å². The van der Waals surface area contributed by atoms with Gasteiger partial charge in [0.25, 0.3) is 0 Å². The van der Waals surface area contributed by atoms with Crippen LogP contribution in [0.2, 0.25) is 0 Å². The van der Waals surface area contributed by atoms with Crippen molar-refractivity contribution >= 4 is 9.84 Å². The molecule has 146 valence electrons. The summed E-state index contributed by atoms with van der Waals surface area (Å²) in [5.41, 5.74) is 6.26. The van der Waals surface area contributed by atoms with E-state index >= 15 is 0 Å². The molecule has 0 N–H and O–H groups in total. The summed E-state index contributed by atoms with van der Waals surface area (Å²) in [7, 11) is -3.38. The van der Waals surface area contributed by atoms with Gasteiger partial charge in [0.15, 0.2) is 0 Å². The van der Waals surface area contributed by atoms with E-state index in [1.807, 2.05) is 29.8 Å². The average Bonchev–Trinajstić information content (AvgIpc) is 2.96. The van der Waals surface area contributed by atoms with Gasteiger partial charge in [0.2, 0.25) is 15.0 Å². The average molecular weight is 398 g/mol. The lowest BCUT2D eigenvalue weighted by Crippen LogP contribution is -2.31. The van der Waals surface area contributed by atoms with Gasteiger partial charge in [0.05, 0.1) is 17.1 Å². The maximum absolute atomic E-state index is 11.7. The highest BCUT2D eigenvalue weighted by molar-refractivity contribution is 7.90. The molecule has 0 saturated heterocycles. The highest BCUT2D eigenvalue weighted by atomic mass is 32.2. The van der Waals surface area contributed by atoms with Gasteiger partial charge in [-0.1, -0.05) is 18.2 Å². The Labute approximate surface area is 165 Å². The number of aryl methyl sites for hydroxylation is 1. The molecule has 8 heteroatoms. The van der Waals surface area contributed by atoms with E-state index in [0.29, 0.717) is 13.0 Å². The maximum Gasteiger partial charge on any atom is 0.246 e. The summed E-state index contributed by atoms with van der Waals surface area (Å²) in [5, 5.41) is 4.64. The number of fused-ring (bicyclic) bond motifs is 1. The standard InChI is InChI=1S/C20H23N5O2S/c1-14-18(15(2)25(23-14)17-7-5-4-6-8-17)13-24-10-9-19-16(12-24)11-21-20(22-19)28(3,26)27/h4-8,11H,9-10,12-13H2,1-3H3. The molecule has 0 radical (unpaired) electrons. The summed E-state index contributed by atoms with van der Waals surface area (Å²) < 4.78 is 25.3. The van der Waals surface area contributed by atoms with Crippen LogP contribution >= 0.6 is 0 Å². The number of sulfone groups is 1. The molecule has 0 bridgehead atoms. The van der Waals surface area contributed by atoms with Crippen LogP contribution in [-0.4, -0.2) is 45.9 Å². The van der Waals surface area contributed by atoms with Crippen LogP contribution in [0.3, 0.4) is 0 Å². The molecular weight excluding hydrogens is 374 g/mol. The second kappa shape index (κ2) is 7.10. The number of nitrogens with zero attached hydrogens (tertiary/aromatic N) is 5. The van der Waals surface area contributed by atoms with Crippen molar-refractivity contribution in [1.29, 1.82) is 0 Å². The predicted molar refractivity (Wildman–Crippen MR) is 106 cm³/mol. The van der Waals surface area contributed by atoms with Gasteiger partial charge < -0.3 is 0 Å². The minimum absolute atomic E-state index is 0.0875. The number of hydrogen-bond donors (Lipinski definition) is 0. The number of benzene rings is 1. The molecule has 0 fully saturated rings. The fraction of sp³-hybridized carbons (Fsp3) is 0.350. The van der Waals surface area contributed by atoms with E-state index in [1.165, 1.54) is 5.56 Å². The summed E-state index contributed by atoms with van der Waals surface area (Å²) in [4.78, 5) is 10.6. The fourth-order valence-electron chi connectivity index (χ4n) is 3.62. The van der Waals surface area contributed by atoms with E-state index in [-0.39, 0.29) is 5.16 Å². The third-order valence-electron chi connectivity index (χ3n) is 5.15. The molecule has 0 spiro atoms. The molecule has 4 rings (SSSR count). The Morgan fingerprint density at radius 1 is 1.14 bits per heavy atom. The first-order chi connectivity index (χ1) is 13.3.